The van der Waals surface area contributed by atoms with E-state index >= 15 is 0 Å². The molecule has 1 N–H and O–H groups in total. The predicted molar refractivity (Wildman–Crippen MR) is 101 cm³/mol. The lowest BCUT2D eigenvalue weighted by molar-refractivity contribution is -0.117. The Morgan fingerprint density at radius 2 is 1.92 bits per heavy atom. The van der Waals surface area contributed by atoms with Gasteiger partial charge >= 0.3 is 0 Å². The van der Waals surface area contributed by atoms with E-state index in [2.05, 4.69) is 22.3 Å². The molecule has 3 rings (SSSR count). The van der Waals surface area contributed by atoms with E-state index in [1.165, 1.54) is 5.56 Å². The maximum absolute atomic E-state index is 12.3. The Balaban J connectivity index is 1.51. The van der Waals surface area contributed by atoms with Crippen molar-refractivity contribution in [2.45, 2.75) is 25.7 Å². The lowest BCUT2D eigenvalue weighted by atomic mass is 9.89. The number of hydrogen-bond donors (Lipinski definition) is 1. The van der Waals surface area contributed by atoms with Crippen molar-refractivity contribution in [2.75, 3.05) is 32.1 Å². The first-order chi connectivity index (χ1) is 12.2. The van der Waals surface area contributed by atoms with Crippen LogP contribution in [0, 0.1) is 6.92 Å². The van der Waals surface area contributed by atoms with Gasteiger partial charge in [-0.05, 0) is 68.1 Å². The Morgan fingerprint density at radius 1 is 1.16 bits per heavy atom. The molecule has 0 radical (unpaired) electrons. The summed E-state index contributed by atoms with van der Waals surface area (Å²) < 4.78 is 5.49. The summed E-state index contributed by atoms with van der Waals surface area (Å²) in [6.07, 6.45) is 2.11. The summed E-state index contributed by atoms with van der Waals surface area (Å²) in [6, 6.07) is 16.2. The molecule has 0 unspecified atom stereocenters. The molecule has 0 saturated carbocycles. The van der Waals surface area contributed by atoms with Crippen molar-refractivity contribution in [3.05, 3.63) is 59.7 Å². The van der Waals surface area contributed by atoms with E-state index in [1.807, 2.05) is 43.3 Å². The lowest BCUT2D eigenvalue weighted by Crippen LogP contribution is -2.38. The summed E-state index contributed by atoms with van der Waals surface area (Å²) in [6.45, 7) is 4.35. The van der Waals surface area contributed by atoms with Gasteiger partial charge in [-0.15, -0.1) is 0 Å². The van der Waals surface area contributed by atoms with Crippen LogP contribution in [0.4, 0.5) is 5.69 Å². The maximum Gasteiger partial charge on any atom is 0.238 e. The third-order valence-corrected chi connectivity index (χ3v) is 4.84. The fraction of sp³-hybridized carbons (Fsp3) is 0.381. The van der Waals surface area contributed by atoms with Gasteiger partial charge in [-0.2, -0.15) is 0 Å². The number of benzene rings is 2. The Kier molecular flexibility index (Phi) is 5.71. The number of nitrogens with one attached hydrogen (secondary N) is 1. The van der Waals surface area contributed by atoms with Gasteiger partial charge in [0, 0.05) is 5.69 Å². The first-order valence-electron chi connectivity index (χ1n) is 8.87. The number of carbonyl (C=O) groups is 1. The first kappa shape index (κ1) is 17.5. The molecule has 0 spiro atoms. The van der Waals surface area contributed by atoms with Crippen molar-refractivity contribution in [1.82, 2.24) is 4.90 Å². The van der Waals surface area contributed by atoms with Crippen molar-refractivity contribution in [3.8, 4) is 5.75 Å². The van der Waals surface area contributed by atoms with Crippen molar-refractivity contribution in [1.29, 1.82) is 0 Å². The molecular formula is C21H26N2O2. The van der Waals surface area contributed by atoms with E-state index in [4.69, 9.17) is 4.74 Å². The van der Waals surface area contributed by atoms with Gasteiger partial charge < -0.3 is 10.1 Å². The summed E-state index contributed by atoms with van der Waals surface area (Å²) in [4.78, 5) is 14.5. The molecule has 4 nitrogen and oxygen atoms in total. The molecule has 1 saturated heterocycles. The molecule has 1 heterocycles. The van der Waals surface area contributed by atoms with Crippen LogP contribution < -0.4 is 10.1 Å². The maximum atomic E-state index is 12.3. The van der Waals surface area contributed by atoms with E-state index in [9.17, 15) is 4.79 Å². The Hall–Kier alpha value is -2.33. The molecule has 1 fully saturated rings. The minimum atomic E-state index is 0.0568. The minimum Gasteiger partial charge on any atom is -0.496 e. The average molecular weight is 338 g/mol. The largest absolute Gasteiger partial charge is 0.496 e. The van der Waals surface area contributed by atoms with E-state index in [1.54, 1.807) is 7.11 Å². The van der Waals surface area contributed by atoms with Crippen LogP contribution in [-0.2, 0) is 4.79 Å². The number of likely N-dealkylation sites (tertiary alicyclic amines) is 1. The normalized spacial score (nSPS) is 15.8. The highest BCUT2D eigenvalue weighted by atomic mass is 16.5. The van der Waals surface area contributed by atoms with Crippen molar-refractivity contribution in [2.24, 2.45) is 0 Å². The number of anilines is 1. The fourth-order valence-electron chi connectivity index (χ4n) is 3.53. The SMILES string of the molecule is COc1ccccc1C1CCN(CC(=O)Nc2cccc(C)c2)CC1. The van der Waals surface area contributed by atoms with Gasteiger partial charge in [0.05, 0.1) is 13.7 Å². The van der Waals surface area contributed by atoms with Gasteiger partial charge in [0.25, 0.3) is 0 Å². The van der Waals surface area contributed by atoms with Gasteiger partial charge in [0.2, 0.25) is 5.91 Å². The number of rotatable bonds is 5. The highest BCUT2D eigenvalue weighted by Crippen LogP contribution is 2.33. The van der Waals surface area contributed by atoms with Crippen LogP contribution in [0.5, 0.6) is 5.75 Å². The Bertz CT molecular complexity index is 721. The summed E-state index contributed by atoms with van der Waals surface area (Å²) >= 11 is 0. The van der Waals surface area contributed by atoms with E-state index in [-0.39, 0.29) is 5.91 Å². The highest BCUT2D eigenvalue weighted by molar-refractivity contribution is 5.92. The summed E-state index contributed by atoms with van der Waals surface area (Å²) in [5.41, 5.74) is 3.30. The zero-order valence-corrected chi connectivity index (χ0v) is 15.0. The molecular weight excluding hydrogens is 312 g/mol. The smallest absolute Gasteiger partial charge is 0.238 e. The van der Waals surface area contributed by atoms with Gasteiger partial charge in [0.1, 0.15) is 5.75 Å². The molecule has 0 atom stereocenters. The van der Waals surface area contributed by atoms with Gasteiger partial charge in [-0.1, -0.05) is 30.3 Å². The van der Waals surface area contributed by atoms with E-state index in [0.29, 0.717) is 12.5 Å². The molecule has 1 aliphatic rings. The van der Waals surface area contributed by atoms with E-state index < -0.39 is 0 Å². The number of hydrogen-bond acceptors (Lipinski definition) is 3. The van der Waals surface area contributed by atoms with Gasteiger partial charge in [-0.25, -0.2) is 0 Å². The molecule has 25 heavy (non-hydrogen) atoms. The van der Waals surface area contributed by atoms with Crippen molar-refractivity contribution >= 4 is 11.6 Å². The predicted octanol–water partition coefficient (Wildman–Crippen LogP) is 3.82. The zero-order valence-electron chi connectivity index (χ0n) is 15.0. The van der Waals surface area contributed by atoms with Crippen LogP contribution in [0.3, 0.4) is 0 Å². The van der Waals surface area contributed by atoms with Gasteiger partial charge in [-0.3, -0.25) is 9.69 Å². The number of nitrogens with zero attached hydrogens (tertiary/aromatic N) is 1. The number of ether oxygens (including phenoxy) is 1. The van der Waals surface area contributed by atoms with Crippen LogP contribution in [0.2, 0.25) is 0 Å². The number of piperidine rings is 1. The van der Waals surface area contributed by atoms with Crippen molar-refractivity contribution in [3.63, 3.8) is 0 Å². The number of methoxy groups -OCH3 is 1. The minimum absolute atomic E-state index is 0.0568. The third kappa shape index (κ3) is 4.60. The first-order valence-corrected chi connectivity index (χ1v) is 8.87. The fourth-order valence-corrected chi connectivity index (χ4v) is 3.53. The average Bonchev–Trinajstić information content (AvgIpc) is 2.62. The van der Waals surface area contributed by atoms with E-state index in [0.717, 1.165) is 42.9 Å². The monoisotopic (exact) mass is 338 g/mol. The van der Waals surface area contributed by atoms with Crippen LogP contribution in [0.1, 0.15) is 29.9 Å². The lowest BCUT2D eigenvalue weighted by Gasteiger charge is -2.32. The topological polar surface area (TPSA) is 41.6 Å². The molecule has 1 aliphatic heterocycles. The van der Waals surface area contributed by atoms with Gasteiger partial charge in [0.15, 0.2) is 0 Å². The third-order valence-electron chi connectivity index (χ3n) is 4.84. The molecule has 1 amide bonds. The zero-order chi connectivity index (χ0) is 17.6. The molecule has 4 heteroatoms. The Labute approximate surface area is 149 Å². The molecule has 2 aromatic rings. The molecule has 132 valence electrons. The summed E-state index contributed by atoms with van der Waals surface area (Å²) in [5.74, 6) is 1.53. The second-order valence-corrected chi connectivity index (χ2v) is 6.71. The van der Waals surface area contributed by atoms with Crippen LogP contribution in [0.25, 0.3) is 0 Å². The van der Waals surface area contributed by atoms with Crippen LogP contribution in [0.15, 0.2) is 48.5 Å². The summed E-state index contributed by atoms with van der Waals surface area (Å²) in [7, 11) is 1.73. The molecule has 0 aliphatic carbocycles. The van der Waals surface area contributed by atoms with Crippen LogP contribution >= 0.6 is 0 Å². The molecule has 2 aromatic carbocycles. The van der Waals surface area contributed by atoms with Crippen molar-refractivity contribution < 1.29 is 9.53 Å². The summed E-state index contributed by atoms with van der Waals surface area (Å²) in [5, 5.41) is 2.99. The second kappa shape index (κ2) is 8.17. The second-order valence-electron chi connectivity index (χ2n) is 6.71. The molecule has 0 aromatic heterocycles. The Morgan fingerprint density at radius 3 is 2.64 bits per heavy atom. The number of carbonyl (C=O) groups excluding carboxylic acids is 1. The quantitative estimate of drug-likeness (QED) is 0.901. The standard InChI is InChI=1S/C21H26N2O2/c1-16-6-5-7-18(14-16)22-21(24)15-23-12-10-17(11-13-23)19-8-3-4-9-20(19)25-2/h3-9,14,17H,10-13,15H2,1-2H3,(H,22,24). The number of para-hydroxylation sites is 1. The number of amides is 1. The number of aryl methyl sites for hydroxylation is 1. The van der Waals surface area contributed by atoms with Crippen LogP contribution in [-0.4, -0.2) is 37.6 Å². The highest BCUT2D eigenvalue weighted by Gasteiger charge is 2.23. The molecule has 0 bridgehead atoms.